The lowest BCUT2D eigenvalue weighted by Crippen LogP contribution is -2.53. The van der Waals surface area contributed by atoms with E-state index in [1.165, 1.54) is 0 Å². The maximum Gasteiger partial charge on any atom is 0.323 e. The van der Waals surface area contributed by atoms with Gasteiger partial charge in [-0.15, -0.1) is 10.1 Å². The number of aliphatic imine (C=N–C) groups is 1. The molecule has 1 N–H and O–H groups in total. The first kappa shape index (κ1) is 21.2. The average Bonchev–Trinajstić information content (AvgIpc) is 3.27. The monoisotopic (exact) mass is 478 g/mol. The number of halogens is 2. The standard InChI is InChI=1S/C24H16Cl2N4O3/c25-17-10-6-14(7-11-17)19-20(27-21(31)15-4-2-1-3-5-15)23(32)30-24(28-19)33-22(29-30)16-8-12-18(26)13-9-16/h1-13,19-20H,(H,27,31). The van der Waals surface area contributed by atoms with E-state index in [0.717, 1.165) is 5.01 Å². The number of ether oxygens (including phenoxy) is 1. The molecule has 2 aliphatic heterocycles. The fourth-order valence-corrected chi connectivity index (χ4v) is 3.81. The topological polar surface area (TPSA) is 83.4 Å². The molecular weight excluding hydrogens is 463 g/mol. The van der Waals surface area contributed by atoms with E-state index in [1.54, 1.807) is 72.8 Å². The van der Waals surface area contributed by atoms with Crippen molar-refractivity contribution in [2.45, 2.75) is 12.1 Å². The molecule has 9 heteroatoms. The second kappa shape index (κ2) is 8.69. The molecule has 0 radical (unpaired) electrons. The largest absolute Gasteiger partial charge is 0.403 e. The fraction of sp³-hybridized carbons (Fsp3) is 0.0833. The Kier molecular flexibility index (Phi) is 5.58. The molecule has 2 unspecified atom stereocenters. The van der Waals surface area contributed by atoms with Gasteiger partial charge in [0.2, 0.25) is 5.90 Å². The molecule has 3 aromatic carbocycles. The number of benzene rings is 3. The SMILES string of the molecule is O=C(NC1C(=O)N2N=C(c3ccc(Cl)cc3)OC2=NC1c1ccc(Cl)cc1)c1ccccc1. The van der Waals surface area contributed by atoms with Crippen molar-refractivity contribution in [3.63, 3.8) is 0 Å². The van der Waals surface area contributed by atoms with Gasteiger partial charge in [-0.1, -0.05) is 53.5 Å². The normalized spacial score (nSPS) is 19.3. The number of nitrogens with one attached hydrogen (secondary N) is 1. The van der Waals surface area contributed by atoms with Crippen LogP contribution in [0.25, 0.3) is 0 Å². The third-order valence-electron chi connectivity index (χ3n) is 5.23. The summed E-state index contributed by atoms with van der Waals surface area (Å²) in [6.45, 7) is 0. The van der Waals surface area contributed by atoms with E-state index in [4.69, 9.17) is 27.9 Å². The Bertz CT molecular complexity index is 1280. The van der Waals surface area contributed by atoms with Gasteiger partial charge < -0.3 is 10.1 Å². The highest BCUT2D eigenvalue weighted by Crippen LogP contribution is 2.31. The zero-order valence-corrected chi connectivity index (χ0v) is 18.5. The van der Waals surface area contributed by atoms with Crippen LogP contribution in [0.2, 0.25) is 10.0 Å². The highest BCUT2D eigenvalue weighted by molar-refractivity contribution is 6.31. The lowest BCUT2D eigenvalue weighted by Gasteiger charge is -2.30. The van der Waals surface area contributed by atoms with Crippen molar-refractivity contribution in [1.29, 1.82) is 0 Å². The van der Waals surface area contributed by atoms with Crippen LogP contribution in [0.4, 0.5) is 0 Å². The predicted molar refractivity (Wildman–Crippen MR) is 125 cm³/mol. The number of hydrogen-bond donors (Lipinski definition) is 1. The quantitative estimate of drug-likeness (QED) is 0.602. The van der Waals surface area contributed by atoms with Crippen LogP contribution in [0.3, 0.4) is 0 Å². The summed E-state index contributed by atoms with van der Waals surface area (Å²) in [7, 11) is 0. The van der Waals surface area contributed by atoms with Crippen molar-refractivity contribution in [3.8, 4) is 0 Å². The Hall–Kier alpha value is -3.68. The van der Waals surface area contributed by atoms with Gasteiger partial charge in [0.25, 0.3) is 11.8 Å². The Balaban J connectivity index is 1.51. The number of rotatable bonds is 4. The van der Waals surface area contributed by atoms with Crippen LogP contribution >= 0.6 is 23.2 Å². The summed E-state index contributed by atoms with van der Waals surface area (Å²) in [4.78, 5) is 30.9. The van der Waals surface area contributed by atoms with E-state index < -0.39 is 23.9 Å². The number of carbonyl (C=O) groups is 2. The van der Waals surface area contributed by atoms with E-state index >= 15 is 0 Å². The lowest BCUT2D eigenvalue weighted by atomic mass is 9.97. The van der Waals surface area contributed by atoms with E-state index in [2.05, 4.69) is 15.4 Å². The van der Waals surface area contributed by atoms with Crippen molar-refractivity contribution >= 4 is 46.9 Å². The van der Waals surface area contributed by atoms with Crippen LogP contribution in [0.1, 0.15) is 27.5 Å². The zero-order chi connectivity index (χ0) is 22.9. The van der Waals surface area contributed by atoms with Crippen LogP contribution < -0.4 is 5.32 Å². The summed E-state index contributed by atoms with van der Waals surface area (Å²) in [5.41, 5.74) is 1.76. The Labute approximate surface area is 199 Å². The Morgan fingerprint density at radius 3 is 2.21 bits per heavy atom. The van der Waals surface area contributed by atoms with E-state index in [1.807, 2.05) is 6.07 Å². The highest BCUT2D eigenvalue weighted by atomic mass is 35.5. The molecule has 164 valence electrons. The van der Waals surface area contributed by atoms with Gasteiger partial charge in [-0.05, 0) is 54.1 Å². The second-order valence-electron chi connectivity index (χ2n) is 7.39. The second-order valence-corrected chi connectivity index (χ2v) is 8.26. The van der Waals surface area contributed by atoms with Gasteiger partial charge in [0.1, 0.15) is 12.1 Å². The number of fused-ring (bicyclic) bond motifs is 1. The van der Waals surface area contributed by atoms with Crippen LogP contribution in [-0.4, -0.2) is 34.8 Å². The summed E-state index contributed by atoms with van der Waals surface area (Å²) >= 11 is 12.0. The molecule has 0 fully saturated rings. The van der Waals surface area contributed by atoms with Gasteiger partial charge in [0, 0.05) is 21.2 Å². The number of nitrogens with zero attached hydrogens (tertiary/aromatic N) is 3. The van der Waals surface area contributed by atoms with Crippen LogP contribution in [-0.2, 0) is 9.53 Å². The van der Waals surface area contributed by atoms with E-state index in [9.17, 15) is 9.59 Å². The van der Waals surface area contributed by atoms with E-state index in [-0.39, 0.29) is 11.9 Å². The lowest BCUT2D eigenvalue weighted by molar-refractivity contribution is -0.131. The van der Waals surface area contributed by atoms with Crippen molar-refractivity contribution in [3.05, 3.63) is 106 Å². The molecule has 2 amide bonds. The third-order valence-corrected chi connectivity index (χ3v) is 5.73. The molecule has 0 aromatic heterocycles. The van der Waals surface area contributed by atoms with Crippen LogP contribution in [0.5, 0.6) is 0 Å². The van der Waals surface area contributed by atoms with Crippen molar-refractivity contribution in [2.75, 3.05) is 0 Å². The first-order valence-electron chi connectivity index (χ1n) is 10.0. The summed E-state index contributed by atoms with van der Waals surface area (Å²) < 4.78 is 5.80. The smallest absolute Gasteiger partial charge is 0.323 e. The third kappa shape index (κ3) is 4.20. The van der Waals surface area contributed by atoms with Crippen molar-refractivity contribution in [1.82, 2.24) is 10.3 Å². The molecule has 5 rings (SSSR count). The summed E-state index contributed by atoms with van der Waals surface area (Å²) in [6, 6.07) is 20.8. The molecule has 0 saturated heterocycles. The minimum Gasteiger partial charge on any atom is -0.403 e. The number of amidine groups is 1. The highest BCUT2D eigenvalue weighted by Gasteiger charge is 2.45. The van der Waals surface area contributed by atoms with E-state index in [0.29, 0.717) is 26.7 Å². The molecule has 3 aromatic rings. The minimum atomic E-state index is -1.00. The molecule has 0 saturated carbocycles. The number of amides is 2. The fourth-order valence-electron chi connectivity index (χ4n) is 3.56. The van der Waals surface area contributed by atoms with Gasteiger partial charge in [0.15, 0.2) is 0 Å². The van der Waals surface area contributed by atoms with Crippen LogP contribution in [0, 0.1) is 0 Å². The molecule has 2 heterocycles. The summed E-state index contributed by atoms with van der Waals surface area (Å²) in [5.74, 6) is -0.648. The minimum absolute atomic E-state index is 0.0371. The summed E-state index contributed by atoms with van der Waals surface area (Å²) in [6.07, 6.45) is 0. The molecule has 0 bridgehead atoms. The molecule has 2 atom stereocenters. The van der Waals surface area contributed by atoms with Crippen molar-refractivity contribution in [2.24, 2.45) is 10.1 Å². The molecule has 0 aliphatic carbocycles. The molecule has 0 spiro atoms. The van der Waals surface area contributed by atoms with Gasteiger partial charge in [-0.25, -0.2) is 4.99 Å². The van der Waals surface area contributed by atoms with Gasteiger partial charge in [-0.3, -0.25) is 9.59 Å². The zero-order valence-electron chi connectivity index (χ0n) is 17.0. The number of hydrogen-bond acceptors (Lipinski definition) is 5. The maximum absolute atomic E-state index is 13.5. The first-order chi connectivity index (χ1) is 16.0. The molecule has 33 heavy (non-hydrogen) atoms. The number of carbonyl (C=O) groups excluding carboxylic acids is 2. The molecule has 7 nitrogen and oxygen atoms in total. The average molecular weight is 479 g/mol. The molecular formula is C24H16Cl2N4O3. The Morgan fingerprint density at radius 2 is 1.55 bits per heavy atom. The van der Waals surface area contributed by atoms with Gasteiger partial charge >= 0.3 is 6.02 Å². The first-order valence-corrected chi connectivity index (χ1v) is 10.8. The number of hydrazone groups is 1. The Morgan fingerprint density at radius 1 is 0.909 bits per heavy atom. The van der Waals surface area contributed by atoms with Gasteiger partial charge in [0.05, 0.1) is 0 Å². The van der Waals surface area contributed by atoms with Crippen LogP contribution in [0.15, 0.2) is 89.0 Å². The maximum atomic E-state index is 13.5. The predicted octanol–water partition coefficient (Wildman–Crippen LogP) is 4.42. The molecule has 2 aliphatic rings. The van der Waals surface area contributed by atoms with Crippen molar-refractivity contribution < 1.29 is 14.3 Å². The summed E-state index contributed by atoms with van der Waals surface area (Å²) in [5, 5.41) is 9.29. The van der Waals surface area contributed by atoms with Gasteiger partial charge in [-0.2, -0.15) is 0 Å².